The maximum Gasteiger partial charge on any atom is 0.349 e. The van der Waals surface area contributed by atoms with E-state index in [2.05, 4.69) is 15.8 Å². The fourth-order valence-electron chi connectivity index (χ4n) is 2.13. The van der Waals surface area contributed by atoms with Crippen LogP contribution in [0.2, 0.25) is 0 Å². The highest BCUT2D eigenvalue weighted by atomic mass is 16.2. The van der Waals surface area contributed by atoms with E-state index in [0.29, 0.717) is 0 Å². The van der Waals surface area contributed by atoms with Gasteiger partial charge in [0.15, 0.2) is 0 Å². The van der Waals surface area contributed by atoms with Crippen molar-refractivity contribution in [1.29, 1.82) is 0 Å². The second-order valence-corrected chi connectivity index (χ2v) is 5.61. The van der Waals surface area contributed by atoms with Crippen molar-refractivity contribution in [3.05, 3.63) is 29.6 Å². The van der Waals surface area contributed by atoms with Crippen molar-refractivity contribution < 1.29 is 4.79 Å². The van der Waals surface area contributed by atoms with E-state index in [1.807, 2.05) is 52.8 Å². The van der Waals surface area contributed by atoms with E-state index in [0.717, 1.165) is 11.4 Å². The van der Waals surface area contributed by atoms with Crippen LogP contribution in [0.15, 0.2) is 18.2 Å². The molecule has 2 rings (SSSR count). The molecule has 1 aromatic rings. The third-order valence-electron chi connectivity index (χ3n) is 3.19. The number of aryl methyl sites for hydroxylation is 1. The molecule has 6 nitrogen and oxygen atoms in total. The van der Waals surface area contributed by atoms with E-state index in [-0.39, 0.29) is 24.3 Å². The van der Waals surface area contributed by atoms with Gasteiger partial charge in [-0.3, -0.25) is 15.0 Å². The molecule has 1 aromatic heterocycles. The van der Waals surface area contributed by atoms with Gasteiger partial charge in [0.25, 0.3) is 0 Å². The Labute approximate surface area is 120 Å². The van der Waals surface area contributed by atoms with Gasteiger partial charge in [0, 0.05) is 17.8 Å². The van der Waals surface area contributed by atoms with Crippen LogP contribution in [0.5, 0.6) is 0 Å². The van der Waals surface area contributed by atoms with Gasteiger partial charge in [-0.1, -0.05) is 6.07 Å². The highest BCUT2D eigenvalue weighted by molar-refractivity contribution is 5.74. The summed E-state index contributed by atoms with van der Waals surface area (Å²) < 4.78 is 0. The standard InChI is InChI=1S/C14H23N5O/c1-9(2)18-14(20)19(10(3)4)17-13(16-18)12-8-6-7-11(5)15-12/h6-10,13,16-17H,1-5H3. The normalized spacial score (nSPS) is 17.4. The zero-order valence-corrected chi connectivity index (χ0v) is 12.7. The lowest BCUT2D eigenvalue weighted by Crippen LogP contribution is -2.68. The molecule has 1 aliphatic heterocycles. The molecule has 0 saturated carbocycles. The number of urea groups is 1. The monoisotopic (exact) mass is 277 g/mol. The van der Waals surface area contributed by atoms with Gasteiger partial charge >= 0.3 is 6.03 Å². The van der Waals surface area contributed by atoms with Gasteiger partial charge in [0.2, 0.25) is 0 Å². The molecule has 1 saturated heterocycles. The topological polar surface area (TPSA) is 60.5 Å². The van der Waals surface area contributed by atoms with Gasteiger partial charge in [0.05, 0.1) is 5.69 Å². The van der Waals surface area contributed by atoms with Crippen LogP contribution >= 0.6 is 0 Å². The second-order valence-electron chi connectivity index (χ2n) is 5.61. The molecular formula is C14H23N5O. The van der Waals surface area contributed by atoms with Crippen molar-refractivity contribution in [3.63, 3.8) is 0 Å². The van der Waals surface area contributed by atoms with Gasteiger partial charge < -0.3 is 0 Å². The summed E-state index contributed by atoms with van der Waals surface area (Å²) in [4.78, 5) is 16.9. The third-order valence-corrected chi connectivity index (χ3v) is 3.19. The zero-order chi connectivity index (χ0) is 14.9. The van der Waals surface area contributed by atoms with Gasteiger partial charge in [-0.2, -0.15) is 0 Å². The fourth-order valence-corrected chi connectivity index (χ4v) is 2.13. The van der Waals surface area contributed by atoms with Crippen LogP contribution in [-0.2, 0) is 0 Å². The van der Waals surface area contributed by atoms with Gasteiger partial charge in [-0.05, 0) is 46.8 Å². The molecule has 1 aliphatic rings. The summed E-state index contributed by atoms with van der Waals surface area (Å²) in [5, 5.41) is 3.29. The predicted molar refractivity (Wildman–Crippen MR) is 77.3 cm³/mol. The van der Waals surface area contributed by atoms with Crippen molar-refractivity contribution >= 4 is 6.03 Å². The predicted octanol–water partition coefficient (Wildman–Crippen LogP) is 1.95. The maximum atomic E-state index is 12.4. The lowest BCUT2D eigenvalue weighted by atomic mass is 10.2. The molecule has 0 aliphatic carbocycles. The van der Waals surface area contributed by atoms with Crippen LogP contribution in [0, 0.1) is 6.92 Å². The average molecular weight is 277 g/mol. The second kappa shape index (κ2) is 5.76. The summed E-state index contributed by atoms with van der Waals surface area (Å²) in [7, 11) is 0. The Kier molecular flexibility index (Phi) is 4.25. The molecule has 0 atom stereocenters. The number of rotatable bonds is 3. The molecule has 0 radical (unpaired) electrons. The summed E-state index contributed by atoms with van der Waals surface area (Å²) in [6.45, 7) is 9.88. The molecule has 0 aromatic carbocycles. The first-order chi connectivity index (χ1) is 9.40. The zero-order valence-electron chi connectivity index (χ0n) is 12.7. The van der Waals surface area contributed by atoms with E-state index in [4.69, 9.17) is 0 Å². The largest absolute Gasteiger partial charge is 0.349 e. The number of hydrogen-bond acceptors (Lipinski definition) is 4. The molecule has 6 heteroatoms. The summed E-state index contributed by atoms with van der Waals surface area (Å²) in [5.41, 5.74) is 8.22. The number of amides is 2. The lowest BCUT2D eigenvalue weighted by Gasteiger charge is -2.44. The van der Waals surface area contributed by atoms with Crippen LogP contribution in [0.25, 0.3) is 0 Å². The van der Waals surface area contributed by atoms with Crippen LogP contribution in [0.4, 0.5) is 4.79 Å². The summed E-state index contributed by atoms with van der Waals surface area (Å²) in [6.07, 6.45) is -0.211. The molecule has 1 fully saturated rings. The SMILES string of the molecule is Cc1cccc(C2NN(C(C)C)C(=O)N(C(C)C)N2)n1. The Morgan fingerprint density at radius 1 is 1.10 bits per heavy atom. The Hall–Kier alpha value is -1.66. The number of carbonyl (C=O) groups is 1. The van der Waals surface area contributed by atoms with Crippen LogP contribution in [0.1, 0.15) is 45.2 Å². The molecule has 2 amide bonds. The number of pyridine rings is 1. The Morgan fingerprint density at radius 3 is 2.10 bits per heavy atom. The average Bonchev–Trinajstić information content (AvgIpc) is 2.38. The smallest absolute Gasteiger partial charge is 0.255 e. The van der Waals surface area contributed by atoms with Crippen molar-refractivity contribution in [2.24, 2.45) is 0 Å². The van der Waals surface area contributed by atoms with Crippen molar-refractivity contribution in [2.75, 3.05) is 0 Å². The van der Waals surface area contributed by atoms with Crippen LogP contribution in [-0.4, -0.2) is 33.1 Å². The number of aromatic nitrogens is 1. The minimum atomic E-state index is -0.211. The first-order valence-corrected chi connectivity index (χ1v) is 6.98. The highest BCUT2D eigenvalue weighted by Gasteiger charge is 2.35. The van der Waals surface area contributed by atoms with E-state index in [9.17, 15) is 4.79 Å². The van der Waals surface area contributed by atoms with E-state index < -0.39 is 0 Å². The number of hydrazine groups is 2. The maximum absolute atomic E-state index is 12.4. The van der Waals surface area contributed by atoms with Gasteiger partial charge in [0.1, 0.15) is 6.17 Å². The van der Waals surface area contributed by atoms with Crippen molar-refractivity contribution in [2.45, 2.75) is 52.9 Å². The molecule has 0 unspecified atom stereocenters. The molecular weight excluding hydrogens is 254 g/mol. The molecule has 0 bridgehead atoms. The minimum absolute atomic E-state index is 0.0677. The Morgan fingerprint density at radius 2 is 1.65 bits per heavy atom. The molecule has 2 heterocycles. The quantitative estimate of drug-likeness (QED) is 0.886. The molecule has 20 heavy (non-hydrogen) atoms. The van der Waals surface area contributed by atoms with Crippen molar-refractivity contribution in [3.8, 4) is 0 Å². The highest BCUT2D eigenvalue weighted by Crippen LogP contribution is 2.18. The minimum Gasteiger partial charge on any atom is -0.255 e. The van der Waals surface area contributed by atoms with Gasteiger partial charge in [-0.15, -0.1) is 0 Å². The van der Waals surface area contributed by atoms with Crippen molar-refractivity contribution in [1.82, 2.24) is 25.9 Å². The first kappa shape index (κ1) is 14.7. The fraction of sp³-hybridized carbons (Fsp3) is 0.571. The van der Waals surface area contributed by atoms with Crippen LogP contribution in [0.3, 0.4) is 0 Å². The Balaban J connectivity index is 2.28. The van der Waals surface area contributed by atoms with Crippen LogP contribution < -0.4 is 10.9 Å². The number of hydrogen-bond donors (Lipinski definition) is 2. The number of nitrogens with zero attached hydrogens (tertiary/aromatic N) is 3. The number of carbonyl (C=O) groups excluding carboxylic acids is 1. The molecule has 110 valence electrons. The first-order valence-electron chi connectivity index (χ1n) is 6.98. The van der Waals surface area contributed by atoms with E-state index in [1.54, 1.807) is 10.0 Å². The third kappa shape index (κ3) is 2.91. The van der Waals surface area contributed by atoms with E-state index >= 15 is 0 Å². The Bertz CT molecular complexity index is 468. The number of nitrogens with one attached hydrogen (secondary N) is 2. The van der Waals surface area contributed by atoms with Gasteiger partial charge in [-0.25, -0.2) is 15.6 Å². The van der Waals surface area contributed by atoms with E-state index in [1.165, 1.54) is 0 Å². The molecule has 0 spiro atoms. The molecule has 2 N–H and O–H groups in total. The lowest BCUT2D eigenvalue weighted by molar-refractivity contribution is 0.00264. The summed E-state index contributed by atoms with van der Waals surface area (Å²) in [5.74, 6) is 0. The summed E-state index contributed by atoms with van der Waals surface area (Å²) >= 11 is 0. The summed E-state index contributed by atoms with van der Waals surface area (Å²) in [6, 6.07) is 5.94.